The summed E-state index contributed by atoms with van der Waals surface area (Å²) in [5, 5.41) is 15.3. The predicted molar refractivity (Wildman–Crippen MR) is 140 cm³/mol. The van der Waals surface area contributed by atoms with Gasteiger partial charge in [0.05, 0.1) is 6.61 Å². The highest BCUT2D eigenvalue weighted by molar-refractivity contribution is 6.03. The lowest BCUT2D eigenvalue weighted by Gasteiger charge is -2.23. The third kappa shape index (κ3) is 7.26. The van der Waals surface area contributed by atoms with Gasteiger partial charge in [-0.15, -0.1) is 13.2 Å². The number of aliphatic hydroxyl groups excluding tert-OH is 1. The highest BCUT2D eigenvalue weighted by atomic mass is 19.4. The number of fused-ring (bicyclic) bond motifs is 1. The summed E-state index contributed by atoms with van der Waals surface area (Å²) < 4.78 is 47.2. The molecule has 202 valence electrons. The summed E-state index contributed by atoms with van der Waals surface area (Å²) in [5.41, 5.74) is 3.57. The molecule has 3 aromatic rings. The molecule has 1 aliphatic rings. The van der Waals surface area contributed by atoms with E-state index in [1.165, 1.54) is 36.4 Å². The average molecular weight is 539 g/mol. The molecule has 0 radical (unpaired) electrons. The van der Waals surface area contributed by atoms with Gasteiger partial charge in [0.1, 0.15) is 17.6 Å². The molecule has 1 heterocycles. The Bertz CT molecular complexity index is 1400. The van der Waals surface area contributed by atoms with Gasteiger partial charge in [0.15, 0.2) is 0 Å². The second-order valence-electron chi connectivity index (χ2n) is 8.50. The van der Waals surface area contributed by atoms with E-state index < -0.39 is 24.3 Å². The van der Waals surface area contributed by atoms with Crippen LogP contribution in [0.15, 0.2) is 85.0 Å². The molecule has 39 heavy (non-hydrogen) atoms. The molecular formula is C29H25F3N2O5. The van der Waals surface area contributed by atoms with Crippen LogP contribution in [0.4, 0.5) is 24.5 Å². The summed E-state index contributed by atoms with van der Waals surface area (Å²) in [5.74, 6) is -0.640. The van der Waals surface area contributed by atoms with Crippen molar-refractivity contribution >= 4 is 28.8 Å². The van der Waals surface area contributed by atoms with Crippen molar-refractivity contribution in [2.24, 2.45) is 0 Å². The zero-order chi connectivity index (χ0) is 28.0. The summed E-state index contributed by atoms with van der Waals surface area (Å²) in [4.78, 5) is 24.4. The van der Waals surface area contributed by atoms with Gasteiger partial charge in [-0.25, -0.2) is 0 Å². The van der Waals surface area contributed by atoms with Crippen LogP contribution in [0.25, 0.3) is 5.57 Å². The summed E-state index contributed by atoms with van der Waals surface area (Å²) >= 11 is 0. The van der Waals surface area contributed by atoms with Crippen LogP contribution in [0.5, 0.6) is 11.5 Å². The van der Waals surface area contributed by atoms with Crippen molar-refractivity contribution < 1.29 is 37.3 Å². The Morgan fingerprint density at radius 1 is 1.05 bits per heavy atom. The number of hydrogen-bond acceptors (Lipinski definition) is 5. The van der Waals surface area contributed by atoms with Gasteiger partial charge in [0.2, 0.25) is 5.91 Å². The van der Waals surface area contributed by atoms with Crippen LogP contribution in [0.2, 0.25) is 0 Å². The first-order valence-corrected chi connectivity index (χ1v) is 12.0. The van der Waals surface area contributed by atoms with E-state index in [0.29, 0.717) is 40.4 Å². The van der Waals surface area contributed by atoms with Crippen molar-refractivity contribution in [1.29, 1.82) is 0 Å². The molecule has 0 aromatic heterocycles. The number of alkyl halides is 3. The van der Waals surface area contributed by atoms with E-state index in [9.17, 15) is 27.9 Å². The van der Waals surface area contributed by atoms with Crippen LogP contribution in [0, 0.1) is 0 Å². The Balaban J connectivity index is 1.57. The summed E-state index contributed by atoms with van der Waals surface area (Å²) in [6, 6.07) is 17.6. The second-order valence-corrected chi connectivity index (χ2v) is 8.50. The fourth-order valence-corrected chi connectivity index (χ4v) is 4.04. The van der Waals surface area contributed by atoms with Crippen molar-refractivity contribution in [3.05, 3.63) is 102 Å². The lowest BCUT2D eigenvalue weighted by molar-refractivity contribution is -0.274. The SMILES string of the molecule is CCOc1ccc(/C(=C\C=C\C(=O)Nc2cccc3c2CC(O)C(=O)N3)c2ccc(OC(F)(F)F)cc2)cc1. The van der Waals surface area contributed by atoms with Crippen LogP contribution < -0.4 is 20.1 Å². The molecule has 3 N–H and O–H groups in total. The van der Waals surface area contributed by atoms with Gasteiger partial charge in [-0.1, -0.05) is 42.5 Å². The van der Waals surface area contributed by atoms with Crippen LogP contribution in [-0.2, 0) is 16.0 Å². The lowest BCUT2D eigenvalue weighted by atomic mass is 9.97. The standard InChI is InChI=1S/C29H25F3N2O5/c1-2-38-20-13-9-18(10-14-20)22(19-11-15-21(16-12-19)39-29(30,31)32)5-3-8-27(36)33-24-6-4-7-25-23(24)17-26(35)28(37)34-25/h3-16,26,35H,2,17H2,1H3,(H,33,36)(H,34,37)/b8-3+,22-5+. The molecule has 0 saturated carbocycles. The van der Waals surface area contributed by atoms with Crippen molar-refractivity contribution in [1.82, 2.24) is 0 Å². The number of hydrogen-bond donors (Lipinski definition) is 3. The van der Waals surface area contributed by atoms with Crippen LogP contribution in [-0.4, -0.2) is 36.0 Å². The zero-order valence-electron chi connectivity index (χ0n) is 20.8. The molecule has 7 nitrogen and oxygen atoms in total. The smallest absolute Gasteiger partial charge is 0.494 e. The number of benzene rings is 3. The first kappa shape index (κ1) is 27.5. The van der Waals surface area contributed by atoms with Crippen molar-refractivity contribution in [2.75, 3.05) is 17.2 Å². The first-order chi connectivity index (χ1) is 18.6. The largest absolute Gasteiger partial charge is 0.573 e. The minimum absolute atomic E-state index is 0.0666. The number of halogens is 3. The van der Waals surface area contributed by atoms with Crippen molar-refractivity contribution in [3.63, 3.8) is 0 Å². The molecule has 4 rings (SSSR count). The van der Waals surface area contributed by atoms with Crippen LogP contribution in [0.1, 0.15) is 23.6 Å². The van der Waals surface area contributed by atoms with Gasteiger partial charge in [0, 0.05) is 29.4 Å². The average Bonchev–Trinajstić information content (AvgIpc) is 2.88. The summed E-state index contributed by atoms with van der Waals surface area (Å²) in [6.07, 6.45) is -1.46. The summed E-state index contributed by atoms with van der Waals surface area (Å²) in [7, 11) is 0. The topological polar surface area (TPSA) is 96.9 Å². The molecule has 1 atom stereocenters. The molecule has 3 aromatic carbocycles. The van der Waals surface area contributed by atoms with Gasteiger partial charge in [0.25, 0.3) is 5.91 Å². The quantitative estimate of drug-likeness (QED) is 0.261. The number of amides is 2. The molecule has 0 bridgehead atoms. The second kappa shape index (κ2) is 11.9. The minimum atomic E-state index is -4.80. The van der Waals surface area contributed by atoms with Gasteiger partial charge in [-0.05, 0) is 60.0 Å². The van der Waals surface area contributed by atoms with E-state index in [4.69, 9.17) is 4.74 Å². The number of aliphatic hydroxyl groups is 1. The molecule has 10 heteroatoms. The Morgan fingerprint density at radius 3 is 2.31 bits per heavy atom. The van der Waals surface area contributed by atoms with E-state index in [1.54, 1.807) is 48.5 Å². The molecule has 0 aliphatic carbocycles. The zero-order valence-corrected chi connectivity index (χ0v) is 20.8. The fourth-order valence-electron chi connectivity index (χ4n) is 4.04. The molecule has 0 saturated heterocycles. The van der Waals surface area contributed by atoms with Gasteiger partial charge in [-0.3, -0.25) is 9.59 Å². The van der Waals surface area contributed by atoms with Crippen LogP contribution in [0.3, 0.4) is 0 Å². The van der Waals surface area contributed by atoms with E-state index >= 15 is 0 Å². The fraction of sp³-hybridized carbons (Fsp3) is 0.172. The van der Waals surface area contributed by atoms with Crippen LogP contribution >= 0.6 is 0 Å². The molecule has 1 unspecified atom stereocenters. The third-order valence-corrected chi connectivity index (χ3v) is 5.78. The maximum atomic E-state index is 12.7. The Labute approximate surface area is 222 Å². The molecular weight excluding hydrogens is 513 g/mol. The summed E-state index contributed by atoms with van der Waals surface area (Å²) in [6.45, 7) is 2.36. The monoisotopic (exact) mass is 538 g/mol. The first-order valence-electron chi connectivity index (χ1n) is 12.0. The van der Waals surface area contributed by atoms with Gasteiger partial charge < -0.3 is 25.2 Å². The Hall–Kier alpha value is -4.57. The number of allylic oxidation sites excluding steroid dienone is 2. The number of rotatable bonds is 8. The maximum absolute atomic E-state index is 12.7. The highest BCUT2D eigenvalue weighted by Crippen LogP contribution is 2.31. The number of anilines is 2. The van der Waals surface area contributed by atoms with Crippen molar-refractivity contribution in [2.45, 2.75) is 25.8 Å². The maximum Gasteiger partial charge on any atom is 0.573 e. The van der Waals surface area contributed by atoms with Gasteiger partial charge in [-0.2, -0.15) is 0 Å². The number of carbonyl (C=O) groups is 2. The number of nitrogens with one attached hydrogen (secondary N) is 2. The predicted octanol–water partition coefficient (Wildman–Crippen LogP) is 5.47. The lowest BCUT2D eigenvalue weighted by Crippen LogP contribution is -2.34. The molecule has 1 aliphatic heterocycles. The molecule has 2 amide bonds. The third-order valence-electron chi connectivity index (χ3n) is 5.78. The Kier molecular flexibility index (Phi) is 8.36. The molecule has 0 fully saturated rings. The van der Waals surface area contributed by atoms with Gasteiger partial charge >= 0.3 is 6.36 Å². The van der Waals surface area contributed by atoms with E-state index in [1.807, 2.05) is 6.92 Å². The van der Waals surface area contributed by atoms with Crippen molar-refractivity contribution in [3.8, 4) is 11.5 Å². The van der Waals surface area contributed by atoms with E-state index in [-0.39, 0.29) is 12.2 Å². The highest BCUT2D eigenvalue weighted by Gasteiger charge is 2.31. The number of ether oxygens (including phenoxy) is 2. The minimum Gasteiger partial charge on any atom is -0.494 e. The van der Waals surface area contributed by atoms with E-state index in [0.717, 1.165) is 5.56 Å². The van der Waals surface area contributed by atoms with E-state index in [2.05, 4.69) is 15.4 Å². The molecule has 0 spiro atoms. The number of carbonyl (C=O) groups excluding carboxylic acids is 2. The Morgan fingerprint density at radius 2 is 1.69 bits per heavy atom. The normalized spacial score (nSPS) is 15.5.